The lowest BCUT2D eigenvalue weighted by atomic mass is 9.99. The molecule has 0 saturated carbocycles. The highest BCUT2D eigenvalue weighted by atomic mass is 19.1. The summed E-state index contributed by atoms with van der Waals surface area (Å²) in [5.74, 6) is -0.671. The molecule has 0 bridgehead atoms. The molecule has 9 heteroatoms. The number of hydrogen-bond acceptors (Lipinski definition) is 6. The second-order valence-electron chi connectivity index (χ2n) is 7.73. The molecule has 0 spiro atoms. The number of aryl methyl sites for hydroxylation is 1. The summed E-state index contributed by atoms with van der Waals surface area (Å²) in [7, 11) is 0. The highest BCUT2D eigenvalue weighted by Gasteiger charge is 2.27. The normalized spacial score (nSPS) is 17.7. The highest BCUT2D eigenvalue weighted by molar-refractivity contribution is 6.13. The van der Waals surface area contributed by atoms with Gasteiger partial charge in [0.25, 0.3) is 0 Å². The fourth-order valence-corrected chi connectivity index (χ4v) is 4.06. The van der Waals surface area contributed by atoms with Gasteiger partial charge in [-0.15, -0.1) is 0 Å². The Morgan fingerprint density at radius 2 is 2.06 bits per heavy atom. The van der Waals surface area contributed by atoms with Gasteiger partial charge in [-0.25, -0.2) is 18.8 Å². The molecule has 156 valence electrons. The van der Waals surface area contributed by atoms with Crippen LogP contribution in [0.3, 0.4) is 0 Å². The average Bonchev–Trinajstić information content (AvgIpc) is 3.05. The van der Waals surface area contributed by atoms with E-state index in [1.54, 1.807) is 13.1 Å². The van der Waals surface area contributed by atoms with Crippen molar-refractivity contribution in [3.05, 3.63) is 53.4 Å². The van der Waals surface area contributed by atoms with Crippen molar-refractivity contribution in [2.75, 3.05) is 23.3 Å². The number of benzene rings is 1. The topological polar surface area (TPSA) is 93.0 Å². The number of pyridine rings is 1. The molecule has 1 aromatic carbocycles. The average molecular weight is 419 g/mol. The van der Waals surface area contributed by atoms with Crippen LogP contribution in [-0.2, 0) is 0 Å². The van der Waals surface area contributed by atoms with Gasteiger partial charge in [-0.2, -0.15) is 10.4 Å². The van der Waals surface area contributed by atoms with Gasteiger partial charge in [0.05, 0.1) is 35.1 Å². The lowest BCUT2D eigenvalue weighted by molar-refractivity contribution is 0.491. The van der Waals surface area contributed by atoms with E-state index in [4.69, 9.17) is 0 Å². The van der Waals surface area contributed by atoms with Crippen molar-refractivity contribution < 1.29 is 8.78 Å². The number of nitrogens with zero attached hydrogens (tertiary/aromatic N) is 5. The Bertz CT molecular complexity index is 1220. The third-order valence-electron chi connectivity index (χ3n) is 5.66. The first kappa shape index (κ1) is 19.2. The standard InChI is InChI=1S/C22H19F2N7/c1-12-20-21(30-29-12)14-8-18(31-7-3-4-13(9-25)11-31)26-10-17(14)27-22(28-20)19-15(23)5-2-6-16(19)24/h2,5-6,8,10,13H,3-4,7,11H2,1H3,(H,27,28)(H,29,30)/t13-/m0/s1. The molecule has 0 amide bonds. The smallest absolute Gasteiger partial charge is 0.144 e. The van der Waals surface area contributed by atoms with E-state index in [0.29, 0.717) is 29.3 Å². The van der Waals surface area contributed by atoms with Crippen LogP contribution in [-0.4, -0.2) is 34.1 Å². The number of amidine groups is 1. The molecule has 2 aliphatic rings. The molecule has 2 aliphatic heterocycles. The van der Waals surface area contributed by atoms with E-state index in [1.807, 2.05) is 6.07 Å². The zero-order chi connectivity index (χ0) is 21.5. The van der Waals surface area contributed by atoms with E-state index in [9.17, 15) is 14.0 Å². The van der Waals surface area contributed by atoms with Gasteiger partial charge in [-0.1, -0.05) is 6.07 Å². The number of H-pyrrole nitrogens is 1. The number of nitrogens with one attached hydrogen (secondary N) is 2. The molecule has 3 aromatic rings. The van der Waals surface area contributed by atoms with Crippen molar-refractivity contribution in [3.63, 3.8) is 0 Å². The minimum Gasteiger partial charge on any atom is -0.355 e. The summed E-state index contributed by atoms with van der Waals surface area (Å²) in [5, 5.41) is 19.7. The van der Waals surface area contributed by atoms with Crippen molar-refractivity contribution in [2.45, 2.75) is 19.8 Å². The Balaban J connectivity index is 1.62. The van der Waals surface area contributed by atoms with Gasteiger partial charge in [-0.3, -0.25) is 5.10 Å². The van der Waals surface area contributed by atoms with Gasteiger partial charge in [-0.05, 0) is 38.0 Å². The number of anilines is 2. The van der Waals surface area contributed by atoms with Gasteiger partial charge in [0, 0.05) is 18.7 Å². The maximum Gasteiger partial charge on any atom is 0.144 e. The summed E-state index contributed by atoms with van der Waals surface area (Å²) in [5.41, 5.74) is 2.79. The van der Waals surface area contributed by atoms with Crippen LogP contribution in [0, 0.1) is 35.8 Å². The van der Waals surface area contributed by atoms with Crippen LogP contribution in [0.5, 0.6) is 0 Å². The van der Waals surface area contributed by atoms with E-state index < -0.39 is 11.6 Å². The molecule has 31 heavy (non-hydrogen) atoms. The minimum absolute atomic E-state index is 0.0327. The Morgan fingerprint density at radius 3 is 2.84 bits per heavy atom. The van der Waals surface area contributed by atoms with E-state index in [0.717, 1.165) is 30.8 Å². The van der Waals surface area contributed by atoms with Gasteiger partial charge < -0.3 is 10.2 Å². The number of aromatic nitrogens is 3. The molecule has 7 nitrogen and oxygen atoms in total. The molecule has 4 heterocycles. The van der Waals surface area contributed by atoms with Gasteiger partial charge in [0.2, 0.25) is 0 Å². The van der Waals surface area contributed by atoms with Crippen LogP contribution in [0.15, 0.2) is 35.5 Å². The Labute approximate surface area is 177 Å². The molecular weight excluding hydrogens is 400 g/mol. The molecule has 2 N–H and O–H groups in total. The van der Waals surface area contributed by atoms with Crippen LogP contribution in [0.4, 0.5) is 26.0 Å². The minimum atomic E-state index is -0.710. The number of halogens is 2. The van der Waals surface area contributed by atoms with Crippen LogP contribution in [0.2, 0.25) is 0 Å². The lowest BCUT2D eigenvalue weighted by Crippen LogP contribution is -2.35. The van der Waals surface area contributed by atoms with Crippen LogP contribution in [0.1, 0.15) is 24.1 Å². The first-order valence-corrected chi connectivity index (χ1v) is 10.0. The number of aliphatic imine (C=N–C) groups is 1. The third-order valence-corrected chi connectivity index (χ3v) is 5.66. The summed E-state index contributed by atoms with van der Waals surface area (Å²) in [6.45, 7) is 3.23. The molecule has 1 atom stereocenters. The number of rotatable bonds is 2. The Hall–Kier alpha value is -3.80. The molecular formula is C22H19F2N7. The second-order valence-corrected chi connectivity index (χ2v) is 7.73. The number of fused-ring (bicyclic) bond motifs is 3. The molecule has 0 aliphatic carbocycles. The first-order valence-electron chi connectivity index (χ1n) is 10.0. The van der Waals surface area contributed by atoms with Crippen LogP contribution in [0.25, 0.3) is 11.3 Å². The van der Waals surface area contributed by atoms with Crippen molar-refractivity contribution in [3.8, 4) is 17.3 Å². The van der Waals surface area contributed by atoms with Crippen LogP contribution < -0.4 is 10.2 Å². The molecule has 0 radical (unpaired) electrons. The largest absolute Gasteiger partial charge is 0.355 e. The van der Waals surface area contributed by atoms with Crippen molar-refractivity contribution in [1.29, 1.82) is 5.26 Å². The summed E-state index contributed by atoms with van der Waals surface area (Å²) < 4.78 is 29.0. The number of hydrogen-bond donors (Lipinski definition) is 2. The van der Waals surface area contributed by atoms with Crippen molar-refractivity contribution in [1.82, 2.24) is 15.2 Å². The molecule has 1 saturated heterocycles. The van der Waals surface area contributed by atoms with Crippen LogP contribution >= 0.6 is 0 Å². The number of aromatic amines is 1. The quantitative estimate of drug-likeness (QED) is 0.646. The second kappa shape index (κ2) is 7.47. The first-order chi connectivity index (χ1) is 15.0. The number of piperidine rings is 1. The molecule has 1 fully saturated rings. The number of nitriles is 1. The van der Waals surface area contributed by atoms with E-state index in [2.05, 4.69) is 36.5 Å². The third kappa shape index (κ3) is 3.30. The highest BCUT2D eigenvalue weighted by Crippen LogP contribution is 2.40. The molecule has 2 aromatic heterocycles. The summed E-state index contributed by atoms with van der Waals surface area (Å²) in [6.07, 6.45) is 3.42. The van der Waals surface area contributed by atoms with E-state index >= 15 is 0 Å². The monoisotopic (exact) mass is 419 g/mol. The fraction of sp³-hybridized carbons (Fsp3) is 0.273. The SMILES string of the molecule is Cc1[nH]nc2c1N=C(c1c(F)cccc1F)Nc1cnc(N3CCC[C@@H](C#N)C3)cc1-2. The summed E-state index contributed by atoms with van der Waals surface area (Å²) in [6, 6.07) is 7.93. The Morgan fingerprint density at radius 1 is 1.26 bits per heavy atom. The Kier molecular flexibility index (Phi) is 4.62. The van der Waals surface area contributed by atoms with Crippen molar-refractivity contribution >= 4 is 23.0 Å². The summed E-state index contributed by atoms with van der Waals surface area (Å²) >= 11 is 0. The van der Waals surface area contributed by atoms with E-state index in [-0.39, 0.29) is 17.3 Å². The predicted molar refractivity (Wildman–Crippen MR) is 113 cm³/mol. The van der Waals surface area contributed by atoms with Crippen molar-refractivity contribution in [2.24, 2.45) is 10.9 Å². The van der Waals surface area contributed by atoms with Gasteiger partial charge >= 0.3 is 0 Å². The molecule has 0 unspecified atom stereocenters. The zero-order valence-electron chi connectivity index (χ0n) is 16.8. The maximum absolute atomic E-state index is 14.5. The van der Waals surface area contributed by atoms with Gasteiger partial charge in [0.15, 0.2) is 0 Å². The lowest BCUT2D eigenvalue weighted by Gasteiger charge is -2.31. The summed E-state index contributed by atoms with van der Waals surface area (Å²) in [4.78, 5) is 11.2. The van der Waals surface area contributed by atoms with Gasteiger partial charge in [0.1, 0.15) is 34.7 Å². The predicted octanol–water partition coefficient (Wildman–Crippen LogP) is 4.30. The zero-order valence-corrected chi connectivity index (χ0v) is 16.8. The maximum atomic E-state index is 14.5. The van der Waals surface area contributed by atoms with E-state index in [1.165, 1.54) is 18.2 Å². The fourth-order valence-electron chi connectivity index (χ4n) is 4.06. The molecule has 5 rings (SSSR count).